The van der Waals surface area contributed by atoms with Gasteiger partial charge in [0, 0.05) is 5.57 Å². The second-order valence-electron chi connectivity index (χ2n) is 3.69. The van der Waals surface area contributed by atoms with Crippen molar-refractivity contribution in [2.45, 2.75) is 20.8 Å². The predicted octanol–water partition coefficient (Wildman–Crippen LogP) is 0.969. The minimum absolute atomic E-state index is 0.133. The van der Waals surface area contributed by atoms with Gasteiger partial charge in [0.05, 0.1) is 0 Å². The summed E-state index contributed by atoms with van der Waals surface area (Å²) in [6, 6.07) is 0. The van der Waals surface area contributed by atoms with E-state index in [2.05, 4.69) is 6.58 Å². The van der Waals surface area contributed by atoms with Gasteiger partial charge in [-0.25, -0.2) is 10.6 Å². The Labute approximate surface area is 76.8 Å². The Morgan fingerprint density at radius 1 is 1.38 bits per heavy atom. The van der Waals surface area contributed by atoms with Crippen LogP contribution in [0.2, 0.25) is 0 Å². The van der Waals surface area contributed by atoms with Crippen LogP contribution in [0.5, 0.6) is 0 Å². The maximum Gasteiger partial charge on any atom is 0.429 e. The molecule has 2 amide bonds. The zero-order valence-electron chi connectivity index (χ0n) is 8.00. The standard InChI is InChI=1S/C8H14N2O3/c1-5(8(2,3)4)6(11)10(9)7(12)13/h1,9H2,2-4H3,(H,12,13). The summed E-state index contributed by atoms with van der Waals surface area (Å²) in [7, 11) is 0. The van der Waals surface area contributed by atoms with Gasteiger partial charge in [-0.05, 0) is 5.41 Å². The number of hydrogen-bond donors (Lipinski definition) is 2. The molecular weight excluding hydrogens is 172 g/mol. The first-order chi connectivity index (χ1) is 5.68. The van der Waals surface area contributed by atoms with Crippen LogP contribution in [0.1, 0.15) is 20.8 Å². The molecule has 0 aromatic carbocycles. The minimum Gasteiger partial charge on any atom is -0.464 e. The lowest BCUT2D eigenvalue weighted by Gasteiger charge is -2.22. The monoisotopic (exact) mass is 186 g/mol. The third-order valence-electron chi connectivity index (χ3n) is 1.59. The second-order valence-corrected chi connectivity index (χ2v) is 3.69. The van der Waals surface area contributed by atoms with Crippen molar-refractivity contribution in [2.24, 2.45) is 11.3 Å². The van der Waals surface area contributed by atoms with Gasteiger partial charge in [0.15, 0.2) is 0 Å². The highest BCUT2D eigenvalue weighted by Gasteiger charge is 2.27. The Morgan fingerprint density at radius 3 is 2.00 bits per heavy atom. The summed E-state index contributed by atoms with van der Waals surface area (Å²) >= 11 is 0. The van der Waals surface area contributed by atoms with E-state index in [-0.39, 0.29) is 10.6 Å². The molecule has 0 aliphatic heterocycles. The number of amides is 2. The van der Waals surface area contributed by atoms with Gasteiger partial charge in [0.1, 0.15) is 0 Å². The molecule has 5 nitrogen and oxygen atoms in total. The van der Waals surface area contributed by atoms with E-state index in [0.29, 0.717) is 0 Å². The van der Waals surface area contributed by atoms with Gasteiger partial charge in [-0.15, -0.1) is 0 Å². The van der Waals surface area contributed by atoms with E-state index in [1.807, 2.05) is 0 Å². The van der Waals surface area contributed by atoms with Crippen LogP contribution in [0.4, 0.5) is 4.79 Å². The summed E-state index contributed by atoms with van der Waals surface area (Å²) in [4.78, 5) is 21.6. The molecule has 13 heavy (non-hydrogen) atoms. The van der Waals surface area contributed by atoms with Gasteiger partial charge in [0.25, 0.3) is 5.91 Å². The van der Waals surface area contributed by atoms with E-state index in [9.17, 15) is 9.59 Å². The maximum absolute atomic E-state index is 11.3. The molecule has 0 bridgehead atoms. The fraction of sp³-hybridized carbons (Fsp3) is 0.500. The van der Waals surface area contributed by atoms with Crippen LogP contribution in [-0.2, 0) is 4.79 Å². The smallest absolute Gasteiger partial charge is 0.429 e. The van der Waals surface area contributed by atoms with Crippen LogP contribution in [0.25, 0.3) is 0 Å². The Hall–Kier alpha value is -1.36. The number of nitrogens with two attached hydrogens (primary N) is 1. The third-order valence-corrected chi connectivity index (χ3v) is 1.59. The maximum atomic E-state index is 11.3. The molecule has 0 aromatic heterocycles. The Kier molecular flexibility index (Phi) is 3.20. The van der Waals surface area contributed by atoms with E-state index >= 15 is 0 Å². The van der Waals surface area contributed by atoms with Crippen molar-refractivity contribution in [1.29, 1.82) is 0 Å². The molecular formula is C8H14N2O3. The number of carbonyl (C=O) groups excluding carboxylic acids is 1. The molecule has 0 saturated carbocycles. The SMILES string of the molecule is C=C(C(=O)N(N)C(=O)O)C(C)(C)C. The fourth-order valence-corrected chi connectivity index (χ4v) is 0.553. The normalized spacial score (nSPS) is 10.8. The molecule has 0 heterocycles. The summed E-state index contributed by atoms with van der Waals surface area (Å²) in [5.74, 6) is 4.20. The quantitative estimate of drug-likeness (QED) is 0.276. The highest BCUT2D eigenvalue weighted by atomic mass is 16.4. The number of rotatable bonds is 1. The lowest BCUT2D eigenvalue weighted by atomic mass is 9.87. The van der Waals surface area contributed by atoms with Crippen molar-refractivity contribution in [3.05, 3.63) is 12.2 Å². The van der Waals surface area contributed by atoms with E-state index in [1.54, 1.807) is 20.8 Å². The number of carboxylic acid groups (broad SMARTS) is 1. The van der Waals surface area contributed by atoms with Crippen molar-refractivity contribution in [3.8, 4) is 0 Å². The van der Waals surface area contributed by atoms with Gasteiger partial charge in [-0.3, -0.25) is 4.79 Å². The molecule has 0 atom stereocenters. The van der Waals surface area contributed by atoms with Gasteiger partial charge in [0.2, 0.25) is 0 Å². The predicted molar refractivity (Wildman–Crippen MR) is 47.7 cm³/mol. The molecule has 0 radical (unpaired) electrons. The lowest BCUT2D eigenvalue weighted by molar-refractivity contribution is -0.126. The van der Waals surface area contributed by atoms with Crippen LogP contribution in [0, 0.1) is 5.41 Å². The van der Waals surface area contributed by atoms with E-state index in [0.717, 1.165) is 0 Å². The van der Waals surface area contributed by atoms with Crippen LogP contribution in [0.3, 0.4) is 0 Å². The first-order valence-electron chi connectivity index (χ1n) is 3.69. The summed E-state index contributed by atoms with van der Waals surface area (Å²) in [5.41, 5.74) is -0.318. The number of imide groups is 1. The average molecular weight is 186 g/mol. The molecule has 0 unspecified atom stereocenters. The first-order valence-corrected chi connectivity index (χ1v) is 3.69. The summed E-state index contributed by atoms with van der Waals surface area (Å²) in [6.45, 7) is 8.75. The van der Waals surface area contributed by atoms with Crippen molar-refractivity contribution in [1.82, 2.24) is 5.01 Å². The van der Waals surface area contributed by atoms with E-state index in [4.69, 9.17) is 10.9 Å². The largest absolute Gasteiger partial charge is 0.464 e. The molecule has 0 aliphatic carbocycles. The van der Waals surface area contributed by atoms with Gasteiger partial charge >= 0.3 is 6.09 Å². The van der Waals surface area contributed by atoms with Gasteiger partial charge in [-0.2, -0.15) is 5.01 Å². The molecule has 3 N–H and O–H groups in total. The van der Waals surface area contributed by atoms with Crippen molar-refractivity contribution in [2.75, 3.05) is 0 Å². The Balaban J connectivity index is 4.64. The Morgan fingerprint density at radius 2 is 1.77 bits per heavy atom. The molecule has 0 aliphatic rings. The van der Waals surface area contributed by atoms with Crippen LogP contribution < -0.4 is 5.84 Å². The van der Waals surface area contributed by atoms with Crippen molar-refractivity contribution < 1.29 is 14.7 Å². The molecule has 0 aromatic rings. The first kappa shape index (κ1) is 11.6. The van der Waals surface area contributed by atoms with Crippen molar-refractivity contribution in [3.63, 3.8) is 0 Å². The summed E-state index contributed by atoms with van der Waals surface area (Å²) in [6.07, 6.45) is -1.49. The topological polar surface area (TPSA) is 83.6 Å². The molecule has 0 spiro atoms. The average Bonchev–Trinajstić information content (AvgIpc) is 1.98. The molecule has 0 saturated heterocycles. The minimum atomic E-state index is -1.49. The number of carbonyl (C=O) groups is 2. The van der Waals surface area contributed by atoms with Crippen LogP contribution in [0.15, 0.2) is 12.2 Å². The van der Waals surface area contributed by atoms with Gasteiger partial charge in [-0.1, -0.05) is 27.4 Å². The zero-order valence-corrected chi connectivity index (χ0v) is 8.00. The zero-order chi connectivity index (χ0) is 10.8. The lowest BCUT2D eigenvalue weighted by Crippen LogP contribution is -2.44. The third kappa shape index (κ3) is 2.87. The molecule has 5 heteroatoms. The van der Waals surface area contributed by atoms with Gasteiger partial charge < -0.3 is 5.11 Å². The van der Waals surface area contributed by atoms with Crippen molar-refractivity contribution >= 4 is 12.0 Å². The number of nitrogens with zero attached hydrogens (tertiary/aromatic N) is 1. The molecule has 74 valence electrons. The molecule has 0 fully saturated rings. The number of hydrazine groups is 1. The second kappa shape index (κ2) is 3.57. The van der Waals surface area contributed by atoms with E-state index in [1.165, 1.54) is 0 Å². The highest BCUT2D eigenvalue weighted by Crippen LogP contribution is 2.24. The Bertz CT molecular complexity index is 253. The number of hydrogen-bond acceptors (Lipinski definition) is 3. The fourth-order valence-electron chi connectivity index (χ4n) is 0.553. The van der Waals surface area contributed by atoms with Crippen LogP contribution >= 0.6 is 0 Å². The van der Waals surface area contributed by atoms with Crippen LogP contribution in [-0.4, -0.2) is 22.1 Å². The molecule has 0 rings (SSSR count). The van der Waals surface area contributed by atoms with E-state index < -0.39 is 17.4 Å². The summed E-state index contributed by atoms with van der Waals surface area (Å²) < 4.78 is 0. The highest BCUT2D eigenvalue weighted by molar-refractivity contribution is 6.01. The summed E-state index contributed by atoms with van der Waals surface area (Å²) in [5, 5.41) is 8.54.